The van der Waals surface area contributed by atoms with Crippen LogP contribution in [0.3, 0.4) is 0 Å². The van der Waals surface area contributed by atoms with Gasteiger partial charge in [-0.05, 0) is 25.3 Å². The Morgan fingerprint density at radius 1 is 1.50 bits per heavy atom. The molecular weight excluding hydrogens is 278 g/mol. The van der Waals surface area contributed by atoms with Crippen molar-refractivity contribution in [3.8, 4) is 0 Å². The quantitative estimate of drug-likeness (QED) is 0.836. The number of rotatable bonds is 6. The SMILES string of the molecule is CCn1cc(S(=O)(=O)N2CCC(COC)C2)cc1CN. The van der Waals surface area contributed by atoms with Crippen molar-refractivity contribution in [2.75, 3.05) is 26.8 Å². The molecule has 114 valence electrons. The van der Waals surface area contributed by atoms with Gasteiger partial charge in [-0.25, -0.2) is 8.42 Å². The number of methoxy groups -OCH3 is 1. The van der Waals surface area contributed by atoms with E-state index in [1.165, 1.54) is 0 Å². The zero-order valence-electron chi connectivity index (χ0n) is 12.1. The predicted molar refractivity (Wildman–Crippen MR) is 76.7 cm³/mol. The Balaban J connectivity index is 2.20. The summed E-state index contributed by atoms with van der Waals surface area (Å²) < 4.78 is 33.8. The molecule has 0 bridgehead atoms. The lowest BCUT2D eigenvalue weighted by Crippen LogP contribution is -2.29. The summed E-state index contributed by atoms with van der Waals surface area (Å²) >= 11 is 0. The van der Waals surface area contributed by atoms with Gasteiger partial charge in [-0.1, -0.05) is 0 Å². The first-order valence-corrected chi connectivity index (χ1v) is 8.35. The number of nitrogens with zero attached hydrogens (tertiary/aromatic N) is 2. The maximum Gasteiger partial charge on any atom is 0.244 e. The van der Waals surface area contributed by atoms with Gasteiger partial charge in [0.2, 0.25) is 10.0 Å². The first-order chi connectivity index (χ1) is 9.52. The van der Waals surface area contributed by atoms with E-state index in [0.29, 0.717) is 37.7 Å². The number of aromatic nitrogens is 1. The average Bonchev–Trinajstić information content (AvgIpc) is 3.05. The molecule has 0 spiro atoms. The Morgan fingerprint density at radius 3 is 2.80 bits per heavy atom. The lowest BCUT2D eigenvalue weighted by molar-refractivity contribution is 0.157. The Labute approximate surface area is 120 Å². The van der Waals surface area contributed by atoms with Gasteiger partial charge < -0.3 is 15.0 Å². The average molecular weight is 301 g/mol. The molecule has 1 saturated heterocycles. The summed E-state index contributed by atoms with van der Waals surface area (Å²) in [6, 6.07) is 1.68. The summed E-state index contributed by atoms with van der Waals surface area (Å²) in [4.78, 5) is 0.345. The van der Waals surface area contributed by atoms with Gasteiger partial charge in [-0.15, -0.1) is 0 Å². The minimum absolute atomic E-state index is 0.289. The summed E-state index contributed by atoms with van der Waals surface area (Å²) in [6.45, 7) is 4.73. The van der Waals surface area contributed by atoms with Crippen molar-refractivity contribution in [2.24, 2.45) is 11.7 Å². The summed E-state index contributed by atoms with van der Waals surface area (Å²) in [6.07, 6.45) is 2.53. The zero-order valence-corrected chi connectivity index (χ0v) is 12.9. The smallest absolute Gasteiger partial charge is 0.244 e. The highest BCUT2D eigenvalue weighted by molar-refractivity contribution is 7.89. The summed E-state index contributed by atoms with van der Waals surface area (Å²) in [5.41, 5.74) is 6.50. The molecule has 1 unspecified atom stereocenters. The maximum atomic E-state index is 12.6. The normalized spacial score (nSPS) is 20.6. The van der Waals surface area contributed by atoms with Crippen molar-refractivity contribution in [1.82, 2.24) is 8.87 Å². The van der Waals surface area contributed by atoms with Crippen molar-refractivity contribution in [3.05, 3.63) is 18.0 Å². The number of hydrogen-bond acceptors (Lipinski definition) is 4. The first-order valence-electron chi connectivity index (χ1n) is 6.91. The molecule has 20 heavy (non-hydrogen) atoms. The lowest BCUT2D eigenvalue weighted by Gasteiger charge is -2.15. The van der Waals surface area contributed by atoms with Crippen molar-refractivity contribution < 1.29 is 13.2 Å². The van der Waals surface area contributed by atoms with E-state index in [-0.39, 0.29) is 5.92 Å². The van der Waals surface area contributed by atoms with E-state index in [9.17, 15) is 8.42 Å². The molecule has 0 saturated carbocycles. The van der Waals surface area contributed by atoms with Crippen LogP contribution in [0.2, 0.25) is 0 Å². The third-order valence-corrected chi connectivity index (χ3v) is 5.63. The van der Waals surface area contributed by atoms with E-state index in [4.69, 9.17) is 10.5 Å². The molecular formula is C13H23N3O3S. The van der Waals surface area contributed by atoms with E-state index in [1.807, 2.05) is 11.5 Å². The number of aryl methyl sites for hydroxylation is 1. The first kappa shape index (κ1) is 15.5. The van der Waals surface area contributed by atoms with Crippen LogP contribution in [0.4, 0.5) is 0 Å². The second-order valence-electron chi connectivity index (χ2n) is 5.13. The van der Waals surface area contributed by atoms with Crippen molar-refractivity contribution in [2.45, 2.75) is 31.3 Å². The third kappa shape index (κ3) is 2.90. The van der Waals surface area contributed by atoms with Gasteiger partial charge >= 0.3 is 0 Å². The molecule has 2 N–H and O–H groups in total. The second-order valence-corrected chi connectivity index (χ2v) is 7.07. The van der Waals surface area contributed by atoms with Gasteiger partial charge in [-0.3, -0.25) is 0 Å². The van der Waals surface area contributed by atoms with Crippen LogP contribution in [0.15, 0.2) is 17.2 Å². The van der Waals surface area contributed by atoms with Crippen LogP contribution >= 0.6 is 0 Å². The van der Waals surface area contributed by atoms with Crippen LogP contribution in [0, 0.1) is 5.92 Å². The van der Waals surface area contributed by atoms with Gasteiger partial charge in [0.15, 0.2) is 0 Å². The molecule has 1 aliphatic rings. The Kier molecular flexibility index (Phi) is 4.85. The summed E-state index contributed by atoms with van der Waals surface area (Å²) in [5.74, 6) is 0.289. The molecule has 0 amide bonds. The molecule has 0 aromatic carbocycles. The van der Waals surface area contributed by atoms with Crippen LogP contribution in [0.5, 0.6) is 0 Å². The van der Waals surface area contributed by atoms with Crippen molar-refractivity contribution in [3.63, 3.8) is 0 Å². The lowest BCUT2D eigenvalue weighted by atomic mass is 10.1. The van der Waals surface area contributed by atoms with E-state index < -0.39 is 10.0 Å². The predicted octanol–water partition coefficient (Wildman–Crippen LogP) is 0.624. The van der Waals surface area contributed by atoms with E-state index in [1.54, 1.807) is 23.7 Å². The number of hydrogen-bond donors (Lipinski definition) is 1. The standard InChI is InChI=1S/C13H23N3O3S/c1-3-15-9-13(6-12(15)7-14)20(17,18)16-5-4-11(8-16)10-19-2/h6,9,11H,3-5,7-8,10,14H2,1-2H3. The minimum Gasteiger partial charge on any atom is -0.384 e. The number of sulfonamides is 1. The molecule has 0 radical (unpaired) electrons. The highest BCUT2D eigenvalue weighted by Crippen LogP contribution is 2.25. The Hall–Kier alpha value is -0.890. The molecule has 1 atom stereocenters. The number of nitrogens with two attached hydrogens (primary N) is 1. The summed E-state index contributed by atoms with van der Waals surface area (Å²) in [5, 5.41) is 0. The van der Waals surface area contributed by atoms with E-state index >= 15 is 0 Å². The molecule has 1 fully saturated rings. The zero-order chi connectivity index (χ0) is 14.8. The van der Waals surface area contributed by atoms with Gasteiger partial charge in [0.25, 0.3) is 0 Å². The fourth-order valence-corrected chi connectivity index (χ4v) is 4.27. The largest absolute Gasteiger partial charge is 0.384 e. The fourth-order valence-electron chi connectivity index (χ4n) is 2.67. The van der Waals surface area contributed by atoms with Crippen molar-refractivity contribution in [1.29, 1.82) is 0 Å². The fraction of sp³-hybridized carbons (Fsp3) is 0.692. The monoisotopic (exact) mass is 301 g/mol. The van der Waals surface area contributed by atoms with Crippen LogP contribution in [0.1, 0.15) is 19.0 Å². The molecule has 1 aromatic rings. The molecule has 1 aliphatic heterocycles. The maximum absolute atomic E-state index is 12.6. The van der Waals surface area contributed by atoms with E-state index in [0.717, 1.165) is 12.1 Å². The van der Waals surface area contributed by atoms with Crippen LogP contribution in [-0.4, -0.2) is 44.1 Å². The molecule has 2 heterocycles. The molecule has 0 aliphatic carbocycles. The molecule has 7 heteroatoms. The number of ether oxygens (including phenoxy) is 1. The van der Waals surface area contributed by atoms with Gasteiger partial charge in [0, 0.05) is 45.2 Å². The molecule has 2 rings (SSSR count). The molecule has 6 nitrogen and oxygen atoms in total. The van der Waals surface area contributed by atoms with Gasteiger partial charge in [0.05, 0.1) is 6.61 Å². The van der Waals surface area contributed by atoms with Gasteiger partial charge in [-0.2, -0.15) is 4.31 Å². The summed E-state index contributed by atoms with van der Waals surface area (Å²) in [7, 11) is -1.77. The Bertz CT molecular complexity index is 532. The third-order valence-electron chi connectivity index (χ3n) is 3.80. The van der Waals surface area contributed by atoms with Crippen LogP contribution in [-0.2, 0) is 27.8 Å². The van der Waals surface area contributed by atoms with E-state index in [2.05, 4.69) is 0 Å². The van der Waals surface area contributed by atoms with Crippen LogP contribution < -0.4 is 5.73 Å². The minimum atomic E-state index is -3.41. The highest BCUT2D eigenvalue weighted by atomic mass is 32.2. The highest BCUT2D eigenvalue weighted by Gasteiger charge is 2.33. The molecule has 1 aromatic heterocycles. The van der Waals surface area contributed by atoms with Crippen molar-refractivity contribution >= 4 is 10.0 Å². The topological polar surface area (TPSA) is 77.6 Å². The second kappa shape index (κ2) is 6.26. The van der Waals surface area contributed by atoms with Gasteiger partial charge in [0.1, 0.15) is 4.90 Å². The Morgan fingerprint density at radius 2 is 2.25 bits per heavy atom. The van der Waals surface area contributed by atoms with Crippen LogP contribution in [0.25, 0.3) is 0 Å².